The smallest absolute Gasteiger partial charge is 0.265 e. The number of carbonyl (C=O) groups is 1. The number of para-hydroxylation sites is 1. The van der Waals surface area contributed by atoms with Gasteiger partial charge < -0.3 is 10.1 Å². The van der Waals surface area contributed by atoms with Crippen molar-refractivity contribution >= 4 is 11.6 Å². The van der Waals surface area contributed by atoms with Crippen LogP contribution in [0.5, 0.6) is 5.75 Å². The van der Waals surface area contributed by atoms with Gasteiger partial charge >= 0.3 is 0 Å². The molecule has 0 radical (unpaired) electrons. The average Bonchev–Trinajstić information content (AvgIpc) is 2.54. The summed E-state index contributed by atoms with van der Waals surface area (Å²) in [7, 11) is 0. The minimum atomic E-state index is -0.570. The second kappa shape index (κ2) is 8.19. The van der Waals surface area contributed by atoms with Gasteiger partial charge in [0.15, 0.2) is 6.10 Å². The van der Waals surface area contributed by atoms with Gasteiger partial charge in [0.1, 0.15) is 5.75 Å². The van der Waals surface area contributed by atoms with Gasteiger partial charge in [0, 0.05) is 5.69 Å². The molecule has 0 saturated heterocycles. The molecule has 2 rings (SSSR count). The third-order valence-electron chi connectivity index (χ3n) is 4.30. The molecule has 2 aromatic rings. The van der Waals surface area contributed by atoms with Crippen LogP contribution in [-0.4, -0.2) is 12.0 Å². The molecule has 0 aliphatic rings. The molecule has 3 nitrogen and oxygen atoms in total. The van der Waals surface area contributed by atoms with Gasteiger partial charge in [-0.3, -0.25) is 4.79 Å². The third-order valence-corrected chi connectivity index (χ3v) is 4.30. The number of benzene rings is 2. The second-order valence-electron chi connectivity index (χ2n) is 7.19. The van der Waals surface area contributed by atoms with E-state index in [1.165, 1.54) is 0 Å². The van der Waals surface area contributed by atoms with E-state index in [4.69, 9.17) is 4.74 Å². The quantitative estimate of drug-likeness (QED) is 0.739. The molecule has 0 aromatic heterocycles. The van der Waals surface area contributed by atoms with Crippen LogP contribution in [0.4, 0.5) is 5.69 Å². The third kappa shape index (κ3) is 4.85. The highest BCUT2D eigenvalue weighted by Gasteiger charge is 2.19. The Labute approximate surface area is 151 Å². The summed E-state index contributed by atoms with van der Waals surface area (Å²) in [6.07, 6.45) is -0.570. The van der Waals surface area contributed by atoms with Crippen molar-refractivity contribution in [2.24, 2.45) is 0 Å². The van der Waals surface area contributed by atoms with Gasteiger partial charge in [0.2, 0.25) is 0 Å². The van der Waals surface area contributed by atoms with E-state index in [0.717, 1.165) is 28.1 Å². The Morgan fingerprint density at radius 3 is 2.20 bits per heavy atom. The molecule has 0 unspecified atom stereocenters. The van der Waals surface area contributed by atoms with Crippen molar-refractivity contribution < 1.29 is 9.53 Å². The normalized spacial score (nSPS) is 12.3. The fourth-order valence-electron chi connectivity index (χ4n) is 2.81. The first-order chi connectivity index (χ1) is 11.8. The van der Waals surface area contributed by atoms with Gasteiger partial charge in [-0.05, 0) is 54.5 Å². The Morgan fingerprint density at radius 2 is 1.56 bits per heavy atom. The van der Waals surface area contributed by atoms with Crippen molar-refractivity contribution in [2.75, 3.05) is 5.32 Å². The number of ether oxygens (including phenoxy) is 1. The largest absolute Gasteiger partial charge is 0.481 e. The molecule has 0 saturated carbocycles. The summed E-state index contributed by atoms with van der Waals surface area (Å²) in [6, 6.07) is 14.1. The fourth-order valence-corrected chi connectivity index (χ4v) is 2.81. The first-order valence-electron chi connectivity index (χ1n) is 8.96. The number of aryl methyl sites for hydroxylation is 1. The van der Waals surface area contributed by atoms with Gasteiger partial charge in [-0.2, -0.15) is 0 Å². The van der Waals surface area contributed by atoms with Gasteiger partial charge in [0.05, 0.1) is 0 Å². The molecule has 3 heteroatoms. The predicted octanol–water partition coefficient (Wildman–Crippen LogP) is 5.65. The zero-order valence-corrected chi connectivity index (χ0v) is 16.1. The fraction of sp³-hybridized carbons (Fsp3) is 0.409. The topological polar surface area (TPSA) is 38.3 Å². The lowest BCUT2D eigenvalue weighted by Gasteiger charge is -2.20. The maximum atomic E-state index is 12.6. The molecule has 0 fully saturated rings. The molecular weight excluding hydrogens is 310 g/mol. The van der Waals surface area contributed by atoms with Crippen LogP contribution in [0.1, 0.15) is 63.1 Å². The summed E-state index contributed by atoms with van der Waals surface area (Å²) in [5.41, 5.74) is 4.22. The van der Waals surface area contributed by atoms with Crippen molar-refractivity contribution in [3.63, 3.8) is 0 Å². The van der Waals surface area contributed by atoms with Crippen LogP contribution in [-0.2, 0) is 4.79 Å². The van der Waals surface area contributed by atoms with Crippen LogP contribution in [0.25, 0.3) is 0 Å². The number of hydrogen-bond acceptors (Lipinski definition) is 2. The predicted molar refractivity (Wildman–Crippen MR) is 105 cm³/mol. The SMILES string of the molecule is Cc1ccc(C(C)C)c(O[C@@H](C)C(=O)Nc2ccccc2C(C)C)c1. The monoisotopic (exact) mass is 339 g/mol. The Hall–Kier alpha value is -2.29. The highest BCUT2D eigenvalue weighted by molar-refractivity contribution is 5.94. The van der Waals surface area contributed by atoms with Crippen molar-refractivity contribution in [1.82, 2.24) is 0 Å². The van der Waals surface area contributed by atoms with E-state index in [2.05, 4.69) is 45.1 Å². The molecule has 0 aliphatic heterocycles. The molecule has 25 heavy (non-hydrogen) atoms. The van der Waals surface area contributed by atoms with Gasteiger partial charge in [-0.15, -0.1) is 0 Å². The first kappa shape index (κ1) is 19.0. The van der Waals surface area contributed by atoms with Crippen molar-refractivity contribution in [3.05, 3.63) is 59.2 Å². The summed E-state index contributed by atoms with van der Waals surface area (Å²) in [5, 5.41) is 3.01. The maximum absolute atomic E-state index is 12.6. The minimum absolute atomic E-state index is 0.135. The lowest BCUT2D eigenvalue weighted by Crippen LogP contribution is -2.31. The van der Waals surface area contributed by atoms with Crippen molar-refractivity contribution in [2.45, 2.75) is 59.5 Å². The molecule has 0 heterocycles. The standard InChI is InChI=1S/C22H29NO2/c1-14(2)18-9-7-8-10-20(18)23-22(24)17(6)25-21-13-16(5)11-12-19(21)15(3)4/h7-15,17H,1-6H3,(H,23,24)/t17-/m0/s1. The summed E-state index contributed by atoms with van der Waals surface area (Å²) in [5.74, 6) is 1.34. The lowest BCUT2D eigenvalue weighted by atomic mass is 10.0. The molecular formula is C22H29NO2. The molecule has 0 aliphatic carbocycles. The summed E-state index contributed by atoms with van der Waals surface area (Å²) >= 11 is 0. The molecule has 1 atom stereocenters. The van der Waals surface area contributed by atoms with Crippen LogP contribution in [0.2, 0.25) is 0 Å². The number of carbonyl (C=O) groups excluding carboxylic acids is 1. The maximum Gasteiger partial charge on any atom is 0.265 e. The highest BCUT2D eigenvalue weighted by Crippen LogP contribution is 2.29. The summed E-state index contributed by atoms with van der Waals surface area (Å²) in [6.45, 7) is 12.3. The van der Waals surface area contributed by atoms with E-state index < -0.39 is 6.10 Å². The second-order valence-corrected chi connectivity index (χ2v) is 7.19. The molecule has 0 bridgehead atoms. The summed E-state index contributed by atoms with van der Waals surface area (Å²) in [4.78, 5) is 12.6. The molecule has 134 valence electrons. The highest BCUT2D eigenvalue weighted by atomic mass is 16.5. The molecule has 2 aromatic carbocycles. The number of nitrogens with one attached hydrogen (secondary N) is 1. The Bertz CT molecular complexity index is 735. The Kier molecular flexibility index (Phi) is 6.24. The lowest BCUT2D eigenvalue weighted by molar-refractivity contribution is -0.122. The number of anilines is 1. The first-order valence-corrected chi connectivity index (χ1v) is 8.96. The number of rotatable bonds is 6. The van der Waals surface area contributed by atoms with E-state index in [-0.39, 0.29) is 5.91 Å². The van der Waals surface area contributed by atoms with E-state index in [1.54, 1.807) is 6.92 Å². The number of hydrogen-bond donors (Lipinski definition) is 1. The van der Waals surface area contributed by atoms with Gasteiger partial charge in [-0.25, -0.2) is 0 Å². The van der Waals surface area contributed by atoms with Crippen molar-refractivity contribution in [3.8, 4) is 5.75 Å². The van der Waals surface area contributed by atoms with Crippen molar-refractivity contribution in [1.29, 1.82) is 0 Å². The van der Waals surface area contributed by atoms with E-state index in [1.807, 2.05) is 37.3 Å². The zero-order chi connectivity index (χ0) is 18.6. The van der Waals surface area contributed by atoms with Crippen LogP contribution < -0.4 is 10.1 Å². The van der Waals surface area contributed by atoms with E-state index in [0.29, 0.717) is 11.8 Å². The number of amides is 1. The Morgan fingerprint density at radius 1 is 0.920 bits per heavy atom. The van der Waals surface area contributed by atoms with E-state index >= 15 is 0 Å². The summed E-state index contributed by atoms with van der Waals surface area (Å²) < 4.78 is 6.01. The van der Waals surface area contributed by atoms with Gasteiger partial charge in [-0.1, -0.05) is 58.0 Å². The average molecular weight is 339 g/mol. The molecule has 1 N–H and O–H groups in total. The zero-order valence-electron chi connectivity index (χ0n) is 16.1. The Balaban J connectivity index is 2.16. The van der Waals surface area contributed by atoms with Crippen LogP contribution in [0.15, 0.2) is 42.5 Å². The van der Waals surface area contributed by atoms with Crippen LogP contribution in [0.3, 0.4) is 0 Å². The molecule has 1 amide bonds. The van der Waals surface area contributed by atoms with Gasteiger partial charge in [0.25, 0.3) is 5.91 Å². The van der Waals surface area contributed by atoms with Crippen LogP contribution >= 0.6 is 0 Å². The van der Waals surface area contributed by atoms with E-state index in [9.17, 15) is 4.79 Å². The minimum Gasteiger partial charge on any atom is -0.481 e. The molecule has 0 spiro atoms. The van der Waals surface area contributed by atoms with Crippen LogP contribution in [0, 0.1) is 6.92 Å².